The first-order chi connectivity index (χ1) is 12.8. The van der Waals surface area contributed by atoms with Crippen LogP contribution in [0.1, 0.15) is 46.5 Å². The van der Waals surface area contributed by atoms with E-state index in [-0.39, 0.29) is 5.92 Å². The van der Waals surface area contributed by atoms with Crippen molar-refractivity contribution in [3.05, 3.63) is 64.2 Å². The molecule has 0 aliphatic carbocycles. The molecule has 1 aliphatic heterocycles. The third-order valence-electron chi connectivity index (χ3n) is 4.94. The number of carbonyl (C=O) groups excluding carboxylic acids is 3. The summed E-state index contributed by atoms with van der Waals surface area (Å²) in [5.41, 5.74) is 2.09. The quantitative estimate of drug-likeness (QED) is 0.781. The van der Waals surface area contributed by atoms with Gasteiger partial charge in [-0.05, 0) is 42.7 Å². The minimum atomic E-state index is -0.917. The highest BCUT2D eigenvalue weighted by Gasteiger charge is 2.44. The molecule has 0 fully saturated rings. The Morgan fingerprint density at radius 3 is 2.22 bits per heavy atom. The Balaban J connectivity index is 1.94. The Kier molecular flexibility index (Phi) is 5.33. The average molecular weight is 385 g/mol. The fourth-order valence-electron chi connectivity index (χ4n) is 3.24. The molecule has 0 aromatic heterocycles. The third kappa shape index (κ3) is 3.47. The summed E-state index contributed by atoms with van der Waals surface area (Å²) in [4.78, 5) is 39.8. The Labute approximate surface area is 163 Å². The summed E-state index contributed by atoms with van der Waals surface area (Å²) in [6, 6.07) is 11.0. The van der Waals surface area contributed by atoms with Crippen molar-refractivity contribution in [2.24, 2.45) is 5.92 Å². The third-order valence-corrected chi connectivity index (χ3v) is 5.25. The number of amides is 3. The van der Waals surface area contributed by atoms with Crippen LogP contribution >= 0.6 is 11.6 Å². The summed E-state index contributed by atoms with van der Waals surface area (Å²) in [6.45, 7) is 5.67. The monoisotopic (exact) mass is 384 g/mol. The Morgan fingerprint density at radius 1 is 1.11 bits per heavy atom. The number of anilines is 1. The van der Waals surface area contributed by atoms with Gasteiger partial charge in [0.2, 0.25) is 5.91 Å². The molecule has 2 atom stereocenters. The van der Waals surface area contributed by atoms with Gasteiger partial charge < -0.3 is 5.32 Å². The summed E-state index contributed by atoms with van der Waals surface area (Å²) < 4.78 is 0. The highest BCUT2D eigenvalue weighted by molar-refractivity contribution is 6.34. The number of fused-ring (bicyclic) bond motifs is 1. The molecule has 0 spiro atoms. The van der Waals surface area contributed by atoms with Gasteiger partial charge >= 0.3 is 0 Å². The van der Waals surface area contributed by atoms with Gasteiger partial charge in [-0.25, -0.2) is 0 Å². The zero-order chi connectivity index (χ0) is 19.7. The van der Waals surface area contributed by atoms with Gasteiger partial charge in [0.25, 0.3) is 11.8 Å². The molecule has 1 N–H and O–H groups in total. The number of benzene rings is 2. The van der Waals surface area contributed by atoms with E-state index in [0.29, 0.717) is 28.3 Å². The minimum absolute atomic E-state index is 0.212. The van der Waals surface area contributed by atoms with Crippen LogP contribution in [0.4, 0.5) is 5.69 Å². The van der Waals surface area contributed by atoms with E-state index in [2.05, 4.69) is 5.32 Å². The normalized spacial score (nSPS) is 15.5. The van der Waals surface area contributed by atoms with Crippen molar-refractivity contribution < 1.29 is 14.4 Å². The van der Waals surface area contributed by atoms with E-state index >= 15 is 0 Å². The number of aryl methyl sites for hydroxylation is 1. The molecule has 0 bridgehead atoms. The second kappa shape index (κ2) is 7.53. The van der Waals surface area contributed by atoms with Crippen LogP contribution in [0.5, 0.6) is 0 Å². The maximum Gasteiger partial charge on any atom is 0.262 e. The molecule has 0 saturated carbocycles. The molecule has 1 heterocycles. The Bertz CT molecular complexity index is 890. The first-order valence-corrected chi connectivity index (χ1v) is 9.26. The number of carbonyl (C=O) groups is 3. The second-order valence-corrected chi connectivity index (χ2v) is 7.24. The molecule has 6 heteroatoms. The van der Waals surface area contributed by atoms with Crippen LogP contribution in [0.3, 0.4) is 0 Å². The van der Waals surface area contributed by atoms with Crippen LogP contribution in [0, 0.1) is 12.8 Å². The number of hydrogen-bond acceptors (Lipinski definition) is 3. The molecule has 5 nitrogen and oxygen atoms in total. The highest BCUT2D eigenvalue weighted by atomic mass is 35.5. The van der Waals surface area contributed by atoms with Gasteiger partial charge in [-0.15, -0.1) is 0 Å². The fourth-order valence-corrected chi connectivity index (χ4v) is 3.52. The average Bonchev–Trinajstić information content (AvgIpc) is 2.89. The van der Waals surface area contributed by atoms with Crippen LogP contribution in [0.25, 0.3) is 0 Å². The molecule has 27 heavy (non-hydrogen) atoms. The lowest BCUT2D eigenvalue weighted by molar-refractivity contribution is -0.121. The standard InChI is InChI=1S/C21H21ClN2O3/c1-4-13(3)18(19(25)23-17-10-9-12(2)11-16(17)22)24-20(26)14-7-5-6-8-15(14)21(24)27/h5-11,13,18H,4H2,1-3H3,(H,23,25)/t13-,18-/m0/s1. The van der Waals surface area contributed by atoms with Crippen molar-refractivity contribution >= 4 is 35.0 Å². The number of halogens is 1. The maximum atomic E-state index is 13.1. The molecule has 0 unspecified atom stereocenters. The molecule has 2 aromatic rings. The Hall–Kier alpha value is -2.66. The maximum absolute atomic E-state index is 13.1. The molecule has 2 aromatic carbocycles. The summed E-state index contributed by atoms with van der Waals surface area (Å²) in [7, 11) is 0. The smallest absolute Gasteiger partial charge is 0.262 e. The zero-order valence-electron chi connectivity index (χ0n) is 15.5. The van der Waals surface area contributed by atoms with Crippen LogP contribution < -0.4 is 5.32 Å². The van der Waals surface area contributed by atoms with Gasteiger partial charge in [0.05, 0.1) is 21.8 Å². The van der Waals surface area contributed by atoms with Crippen LogP contribution in [-0.2, 0) is 4.79 Å². The number of imide groups is 1. The molecule has 0 radical (unpaired) electrons. The lowest BCUT2D eigenvalue weighted by Crippen LogP contribution is -2.50. The van der Waals surface area contributed by atoms with Crippen molar-refractivity contribution in [2.75, 3.05) is 5.32 Å². The van der Waals surface area contributed by atoms with E-state index in [4.69, 9.17) is 11.6 Å². The summed E-state index contributed by atoms with van der Waals surface area (Å²) in [5.74, 6) is -1.52. The zero-order valence-corrected chi connectivity index (χ0v) is 16.2. The molecule has 1 aliphatic rings. The van der Waals surface area contributed by atoms with Gasteiger partial charge in [0, 0.05) is 0 Å². The summed E-state index contributed by atoms with van der Waals surface area (Å²) >= 11 is 6.22. The van der Waals surface area contributed by atoms with Crippen LogP contribution in [0.2, 0.25) is 5.02 Å². The first-order valence-electron chi connectivity index (χ1n) is 8.89. The molecule has 3 rings (SSSR count). The molecule has 3 amide bonds. The van der Waals surface area contributed by atoms with Crippen molar-refractivity contribution in [3.8, 4) is 0 Å². The van der Waals surface area contributed by atoms with Crippen molar-refractivity contribution in [1.82, 2.24) is 4.90 Å². The first kappa shape index (κ1) is 19.1. The van der Waals surface area contributed by atoms with Crippen LogP contribution in [-0.4, -0.2) is 28.7 Å². The van der Waals surface area contributed by atoms with Crippen LogP contribution in [0.15, 0.2) is 42.5 Å². The molecule has 140 valence electrons. The molecular weight excluding hydrogens is 364 g/mol. The molecule has 0 saturated heterocycles. The highest BCUT2D eigenvalue weighted by Crippen LogP contribution is 2.30. The second-order valence-electron chi connectivity index (χ2n) is 6.83. The number of rotatable bonds is 5. The predicted octanol–water partition coefficient (Wildman–Crippen LogP) is 4.30. The van der Waals surface area contributed by atoms with Gasteiger partial charge in [-0.2, -0.15) is 0 Å². The lowest BCUT2D eigenvalue weighted by Gasteiger charge is -2.29. The number of nitrogens with zero attached hydrogens (tertiary/aromatic N) is 1. The summed E-state index contributed by atoms with van der Waals surface area (Å²) in [6.07, 6.45) is 0.632. The summed E-state index contributed by atoms with van der Waals surface area (Å²) in [5, 5.41) is 3.19. The van der Waals surface area contributed by atoms with E-state index in [9.17, 15) is 14.4 Å². The van der Waals surface area contributed by atoms with E-state index in [1.54, 1.807) is 36.4 Å². The Morgan fingerprint density at radius 2 is 1.70 bits per heavy atom. The lowest BCUT2D eigenvalue weighted by atomic mass is 9.96. The van der Waals surface area contributed by atoms with Crippen molar-refractivity contribution in [3.63, 3.8) is 0 Å². The fraction of sp³-hybridized carbons (Fsp3) is 0.286. The molecular formula is C21H21ClN2O3. The van der Waals surface area contributed by atoms with Crippen molar-refractivity contribution in [2.45, 2.75) is 33.2 Å². The van der Waals surface area contributed by atoms with E-state index in [1.165, 1.54) is 0 Å². The predicted molar refractivity (Wildman–Crippen MR) is 105 cm³/mol. The largest absolute Gasteiger partial charge is 0.323 e. The SMILES string of the molecule is CC[C@H](C)[C@@H](C(=O)Nc1ccc(C)cc1Cl)N1C(=O)c2ccccc2C1=O. The number of hydrogen-bond donors (Lipinski definition) is 1. The number of nitrogens with one attached hydrogen (secondary N) is 1. The van der Waals surface area contributed by atoms with E-state index < -0.39 is 23.8 Å². The van der Waals surface area contributed by atoms with Gasteiger partial charge in [-0.1, -0.05) is 50.1 Å². The van der Waals surface area contributed by atoms with E-state index in [0.717, 1.165) is 10.5 Å². The van der Waals surface area contributed by atoms with Gasteiger partial charge in [-0.3, -0.25) is 19.3 Å². The minimum Gasteiger partial charge on any atom is -0.323 e. The topological polar surface area (TPSA) is 66.5 Å². The van der Waals surface area contributed by atoms with E-state index in [1.807, 2.05) is 26.8 Å². The van der Waals surface area contributed by atoms with Gasteiger partial charge in [0.1, 0.15) is 6.04 Å². The van der Waals surface area contributed by atoms with Gasteiger partial charge in [0.15, 0.2) is 0 Å². The van der Waals surface area contributed by atoms with Crippen molar-refractivity contribution in [1.29, 1.82) is 0 Å².